The fourth-order valence-electron chi connectivity index (χ4n) is 3.45. The molecule has 6 heteroatoms. The van der Waals surface area contributed by atoms with Crippen molar-refractivity contribution in [1.29, 1.82) is 0 Å². The monoisotopic (exact) mass is 402 g/mol. The lowest BCUT2D eigenvalue weighted by Crippen LogP contribution is -2.48. The van der Waals surface area contributed by atoms with Crippen molar-refractivity contribution in [1.82, 2.24) is 4.72 Å². The number of amides is 1. The summed E-state index contributed by atoms with van der Waals surface area (Å²) in [6.07, 6.45) is 0. The number of aryl methyl sites for hydroxylation is 3. The number of para-hydroxylation sites is 1. The summed E-state index contributed by atoms with van der Waals surface area (Å²) < 4.78 is 29.2. The van der Waals surface area contributed by atoms with Crippen molar-refractivity contribution in [3.8, 4) is 0 Å². The van der Waals surface area contributed by atoms with E-state index in [0.29, 0.717) is 4.90 Å². The molecular weight excluding hydrogens is 372 g/mol. The molecule has 1 N–H and O–H groups in total. The van der Waals surface area contributed by atoms with Gasteiger partial charge in [0.25, 0.3) is 0 Å². The van der Waals surface area contributed by atoms with Gasteiger partial charge in [0.1, 0.15) is 0 Å². The molecule has 1 amide bonds. The Bertz CT molecular complexity index is 915. The van der Waals surface area contributed by atoms with E-state index in [2.05, 4.69) is 4.72 Å². The van der Waals surface area contributed by atoms with Crippen molar-refractivity contribution < 1.29 is 13.2 Å². The third kappa shape index (κ3) is 5.20. The Morgan fingerprint density at radius 3 is 2.04 bits per heavy atom. The average Bonchev–Trinajstić information content (AvgIpc) is 2.57. The van der Waals surface area contributed by atoms with Gasteiger partial charge >= 0.3 is 0 Å². The number of hydrogen-bond donors (Lipinski definition) is 1. The molecule has 2 aromatic carbocycles. The Labute approximate surface area is 168 Å². The third-order valence-corrected chi connectivity index (χ3v) is 6.61. The molecule has 2 aromatic rings. The van der Waals surface area contributed by atoms with Gasteiger partial charge in [-0.05, 0) is 49.9 Å². The standard InChI is InChI=1S/C22H30N2O3S/c1-15(2)21(14-24(19(6)25)20-10-8-7-9-11-20)23-28(26,27)22-17(4)12-16(3)13-18(22)5/h7-13,15,21,23H,14H2,1-6H3. The molecule has 2 rings (SSSR count). The Morgan fingerprint density at radius 2 is 1.57 bits per heavy atom. The van der Waals surface area contributed by atoms with Crippen LogP contribution in [0.4, 0.5) is 5.69 Å². The molecule has 28 heavy (non-hydrogen) atoms. The number of anilines is 1. The number of nitrogens with zero attached hydrogens (tertiary/aromatic N) is 1. The van der Waals surface area contributed by atoms with Gasteiger partial charge in [0, 0.05) is 25.2 Å². The Balaban J connectivity index is 2.36. The zero-order valence-electron chi connectivity index (χ0n) is 17.5. The normalized spacial score (nSPS) is 12.8. The molecule has 0 spiro atoms. The molecule has 0 bridgehead atoms. The number of benzene rings is 2. The maximum absolute atomic E-state index is 13.2. The molecule has 0 radical (unpaired) electrons. The molecule has 0 saturated carbocycles. The van der Waals surface area contributed by atoms with Crippen LogP contribution in [0.15, 0.2) is 47.4 Å². The van der Waals surface area contributed by atoms with Crippen LogP contribution in [0.25, 0.3) is 0 Å². The second-order valence-corrected chi connectivity index (χ2v) is 9.32. The van der Waals surface area contributed by atoms with Gasteiger partial charge in [-0.1, -0.05) is 49.7 Å². The first-order chi connectivity index (χ1) is 13.0. The molecule has 0 aromatic heterocycles. The lowest BCUT2D eigenvalue weighted by atomic mass is 10.0. The largest absolute Gasteiger partial charge is 0.311 e. The molecular formula is C22H30N2O3S. The molecule has 1 unspecified atom stereocenters. The Kier molecular flexibility index (Phi) is 7.01. The number of hydrogen-bond acceptors (Lipinski definition) is 3. The number of carbonyl (C=O) groups is 1. The van der Waals surface area contributed by atoms with E-state index in [-0.39, 0.29) is 18.4 Å². The SMILES string of the molecule is CC(=O)N(CC(NS(=O)(=O)c1c(C)cc(C)cc1C)C(C)C)c1ccccc1. The lowest BCUT2D eigenvalue weighted by Gasteiger charge is -2.30. The van der Waals surface area contributed by atoms with Crippen molar-refractivity contribution in [2.24, 2.45) is 5.92 Å². The summed E-state index contributed by atoms with van der Waals surface area (Å²) in [4.78, 5) is 14.2. The van der Waals surface area contributed by atoms with E-state index in [1.54, 1.807) is 4.90 Å². The first-order valence-electron chi connectivity index (χ1n) is 9.46. The second kappa shape index (κ2) is 8.88. The van der Waals surface area contributed by atoms with Crippen molar-refractivity contribution in [3.05, 3.63) is 59.2 Å². The predicted octanol–water partition coefficient (Wildman–Crippen LogP) is 3.97. The van der Waals surface area contributed by atoms with Crippen molar-refractivity contribution in [3.63, 3.8) is 0 Å². The van der Waals surface area contributed by atoms with Gasteiger partial charge in [-0.2, -0.15) is 0 Å². The van der Waals surface area contributed by atoms with Crippen LogP contribution in [0.3, 0.4) is 0 Å². The molecule has 5 nitrogen and oxygen atoms in total. The van der Waals surface area contributed by atoms with Crippen LogP contribution in [-0.4, -0.2) is 26.9 Å². The van der Waals surface area contributed by atoms with Gasteiger partial charge in [0.2, 0.25) is 15.9 Å². The summed E-state index contributed by atoms with van der Waals surface area (Å²) in [6, 6.07) is 12.6. The van der Waals surface area contributed by atoms with E-state index in [1.165, 1.54) is 6.92 Å². The van der Waals surface area contributed by atoms with Gasteiger partial charge in [-0.3, -0.25) is 4.79 Å². The van der Waals surface area contributed by atoms with E-state index in [9.17, 15) is 13.2 Å². The summed E-state index contributed by atoms with van der Waals surface area (Å²) in [6.45, 7) is 11.2. The minimum atomic E-state index is -3.72. The summed E-state index contributed by atoms with van der Waals surface area (Å²) in [7, 11) is -3.72. The van der Waals surface area contributed by atoms with Crippen molar-refractivity contribution in [2.45, 2.75) is 52.5 Å². The van der Waals surface area contributed by atoms with E-state index in [1.807, 2.05) is 77.1 Å². The highest BCUT2D eigenvalue weighted by Gasteiger charge is 2.28. The predicted molar refractivity (Wildman–Crippen MR) is 114 cm³/mol. The first kappa shape index (κ1) is 22.1. The average molecular weight is 403 g/mol. The first-order valence-corrected chi connectivity index (χ1v) is 10.9. The second-order valence-electron chi connectivity index (χ2n) is 7.66. The van der Waals surface area contributed by atoms with E-state index in [0.717, 1.165) is 22.4 Å². The fraction of sp³-hybridized carbons (Fsp3) is 0.409. The molecule has 0 aliphatic heterocycles. The molecule has 152 valence electrons. The molecule has 1 atom stereocenters. The van der Waals surface area contributed by atoms with Gasteiger partial charge in [-0.15, -0.1) is 0 Å². The van der Waals surface area contributed by atoms with E-state index in [4.69, 9.17) is 0 Å². The summed E-state index contributed by atoms with van der Waals surface area (Å²) in [5.41, 5.74) is 3.22. The zero-order chi connectivity index (χ0) is 21.1. The zero-order valence-corrected chi connectivity index (χ0v) is 18.3. The Hall–Kier alpha value is -2.18. The lowest BCUT2D eigenvalue weighted by molar-refractivity contribution is -0.116. The Morgan fingerprint density at radius 1 is 1.04 bits per heavy atom. The fourth-order valence-corrected chi connectivity index (χ4v) is 5.28. The number of sulfonamides is 1. The summed E-state index contributed by atoms with van der Waals surface area (Å²) >= 11 is 0. The van der Waals surface area contributed by atoms with Crippen LogP contribution in [0.5, 0.6) is 0 Å². The third-order valence-electron chi connectivity index (χ3n) is 4.81. The van der Waals surface area contributed by atoms with Gasteiger partial charge in [-0.25, -0.2) is 13.1 Å². The highest BCUT2D eigenvalue weighted by Crippen LogP contribution is 2.23. The molecule has 0 aliphatic carbocycles. The highest BCUT2D eigenvalue weighted by atomic mass is 32.2. The summed E-state index contributed by atoms with van der Waals surface area (Å²) in [5.74, 6) is -0.120. The molecule has 0 saturated heterocycles. The van der Waals surface area contributed by atoms with Crippen molar-refractivity contribution in [2.75, 3.05) is 11.4 Å². The van der Waals surface area contributed by atoms with Crippen molar-refractivity contribution >= 4 is 21.6 Å². The highest BCUT2D eigenvalue weighted by molar-refractivity contribution is 7.89. The van der Waals surface area contributed by atoms with Gasteiger partial charge in [0.15, 0.2) is 0 Å². The summed E-state index contributed by atoms with van der Waals surface area (Å²) in [5, 5.41) is 0. The maximum atomic E-state index is 13.2. The number of rotatable bonds is 7. The van der Waals surface area contributed by atoms with E-state index < -0.39 is 16.1 Å². The quantitative estimate of drug-likeness (QED) is 0.762. The number of nitrogens with one attached hydrogen (secondary N) is 1. The smallest absolute Gasteiger partial charge is 0.241 e. The van der Waals surface area contributed by atoms with Crippen LogP contribution in [0.1, 0.15) is 37.5 Å². The molecule has 0 heterocycles. The van der Waals surface area contributed by atoms with Crippen LogP contribution < -0.4 is 9.62 Å². The topological polar surface area (TPSA) is 66.5 Å². The molecule has 0 fully saturated rings. The van der Waals surface area contributed by atoms with E-state index >= 15 is 0 Å². The van der Waals surface area contributed by atoms with Gasteiger partial charge in [0.05, 0.1) is 4.90 Å². The van der Waals surface area contributed by atoms with Gasteiger partial charge < -0.3 is 4.90 Å². The van der Waals surface area contributed by atoms with Crippen LogP contribution in [-0.2, 0) is 14.8 Å². The van der Waals surface area contributed by atoms with Crippen LogP contribution in [0.2, 0.25) is 0 Å². The molecule has 0 aliphatic rings. The minimum absolute atomic E-state index is 0.00592. The van der Waals surface area contributed by atoms with Crippen LogP contribution in [0, 0.1) is 26.7 Å². The maximum Gasteiger partial charge on any atom is 0.241 e. The minimum Gasteiger partial charge on any atom is -0.311 e. The van der Waals surface area contributed by atoms with Crippen LogP contribution >= 0.6 is 0 Å². The number of carbonyl (C=O) groups excluding carboxylic acids is 1.